The summed E-state index contributed by atoms with van der Waals surface area (Å²) in [5.74, 6) is 1.84. The van der Waals surface area contributed by atoms with Crippen LogP contribution in [-0.2, 0) is 28.9 Å². The van der Waals surface area contributed by atoms with E-state index in [1.54, 1.807) is 7.11 Å². The molecule has 0 aromatic carbocycles. The first-order valence-corrected chi connectivity index (χ1v) is 12.2. The SMILES string of the molecule is C=CCn1c(SCC(=O)NCCOC)nnc1-c1cc2c(s1)CCC(C(C)(C)C)C2. The predicted octanol–water partition coefficient (Wildman–Crippen LogP) is 4.20. The number of hydrogen-bond donors (Lipinski definition) is 1. The van der Waals surface area contributed by atoms with E-state index in [0.29, 0.717) is 36.8 Å². The maximum absolute atomic E-state index is 12.0. The van der Waals surface area contributed by atoms with Gasteiger partial charge in [0.2, 0.25) is 5.91 Å². The molecule has 164 valence electrons. The third-order valence-electron chi connectivity index (χ3n) is 5.52. The summed E-state index contributed by atoms with van der Waals surface area (Å²) in [6.45, 7) is 12.5. The van der Waals surface area contributed by atoms with E-state index in [9.17, 15) is 4.79 Å². The van der Waals surface area contributed by atoms with Crippen LogP contribution in [0.3, 0.4) is 0 Å². The number of fused-ring (bicyclic) bond motifs is 1. The van der Waals surface area contributed by atoms with Crippen molar-refractivity contribution in [3.05, 3.63) is 29.2 Å². The van der Waals surface area contributed by atoms with Gasteiger partial charge in [0.1, 0.15) is 0 Å². The van der Waals surface area contributed by atoms with Gasteiger partial charge in [0.05, 0.1) is 17.2 Å². The van der Waals surface area contributed by atoms with E-state index >= 15 is 0 Å². The lowest BCUT2D eigenvalue weighted by Gasteiger charge is -2.33. The van der Waals surface area contributed by atoms with Crippen LogP contribution >= 0.6 is 23.1 Å². The fourth-order valence-electron chi connectivity index (χ4n) is 3.72. The van der Waals surface area contributed by atoms with Gasteiger partial charge in [-0.25, -0.2) is 0 Å². The smallest absolute Gasteiger partial charge is 0.230 e. The minimum absolute atomic E-state index is 0.0356. The largest absolute Gasteiger partial charge is 0.383 e. The topological polar surface area (TPSA) is 69.0 Å². The van der Waals surface area contributed by atoms with E-state index in [1.807, 2.05) is 17.4 Å². The molecule has 1 amide bonds. The number of allylic oxidation sites excluding steroid dienone is 1. The zero-order chi connectivity index (χ0) is 21.7. The first-order chi connectivity index (χ1) is 14.3. The fourth-order valence-corrected chi connectivity index (χ4v) is 5.70. The number of carbonyl (C=O) groups excluding carboxylic acids is 1. The highest BCUT2D eigenvalue weighted by Gasteiger charge is 2.30. The Labute approximate surface area is 187 Å². The molecule has 0 saturated heterocycles. The van der Waals surface area contributed by atoms with Crippen LogP contribution in [0.25, 0.3) is 10.7 Å². The maximum atomic E-state index is 12.0. The molecule has 0 radical (unpaired) electrons. The average molecular weight is 449 g/mol. The van der Waals surface area contributed by atoms with Crippen molar-refractivity contribution >= 4 is 29.0 Å². The van der Waals surface area contributed by atoms with Gasteiger partial charge in [-0.1, -0.05) is 38.6 Å². The molecule has 0 spiro atoms. The Morgan fingerprint density at radius 3 is 2.97 bits per heavy atom. The number of methoxy groups -OCH3 is 1. The molecule has 1 atom stereocenters. The third kappa shape index (κ3) is 5.53. The Kier molecular flexibility index (Phi) is 7.76. The quantitative estimate of drug-likeness (QED) is 0.354. The first kappa shape index (κ1) is 23.0. The van der Waals surface area contributed by atoms with Crippen LogP contribution in [0.4, 0.5) is 0 Å². The number of hydrogen-bond acceptors (Lipinski definition) is 6. The maximum Gasteiger partial charge on any atom is 0.230 e. The van der Waals surface area contributed by atoms with Gasteiger partial charge < -0.3 is 10.1 Å². The van der Waals surface area contributed by atoms with Gasteiger partial charge in [-0.05, 0) is 42.2 Å². The minimum Gasteiger partial charge on any atom is -0.383 e. The molecular weight excluding hydrogens is 416 g/mol. The molecule has 0 fully saturated rings. The number of nitrogens with one attached hydrogen (secondary N) is 1. The van der Waals surface area contributed by atoms with Crippen LogP contribution in [-0.4, -0.2) is 46.7 Å². The van der Waals surface area contributed by atoms with Crippen LogP contribution in [0, 0.1) is 11.3 Å². The summed E-state index contributed by atoms with van der Waals surface area (Å²) in [6, 6.07) is 2.30. The lowest BCUT2D eigenvalue weighted by atomic mass is 9.72. The second kappa shape index (κ2) is 10.1. The van der Waals surface area contributed by atoms with E-state index in [2.05, 4.69) is 53.5 Å². The summed E-state index contributed by atoms with van der Waals surface area (Å²) in [5.41, 5.74) is 1.79. The van der Waals surface area contributed by atoms with Crippen molar-refractivity contribution in [1.82, 2.24) is 20.1 Å². The highest BCUT2D eigenvalue weighted by Crippen LogP contribution is 2.42. The number of nitrogens with zero attached hydrogens (tertiary/aromatic N) is 3. The average Bonchev–Trinajstić information content (AvgIpc) is 3.29. The number of ether oxygens (including phenoxy) is 1. The number of carbonyl (C=O) groups is 1. The highest BCUT2D eigenvalue weighted by molar-refractivity contribution is 7.99. The summed E-state index contributed by atoms with van der Waals surface area (Å²) >= 11 is 3.23. The molecule has 1 N–H and O–H groups in total. The van der Waals surface area contributed by atoms with E-state index in [4.69, 9.17) is 4.74 Å². The van der Waals surface area contributed by atoms with Gasteiger partial charge in [0, 0.05) is 25.1 Å². The molecule has 6 nitrogen and oxygen atoms in total. The molecule has 0 aliphatic heterocycles. The van der Waals surface area contributed by atoms with Gasteiger partial charge in [-0.2, -0.15) is 0 Å². The molecule has 0 bridgehead atoms. The second-order valence-corrected chi connectivity index (χ2v) is 10.8. The zero-order valence-electron chi connectivity index (χ0n) is 18.4. The predicted molar refractivity (Wildman–Crippen MR) is 124 cm³/mol. The molecule has 1 aliphatic carbocycles. The second-order valence-electron chi connectivity index (χ2n) is 8.70. The number of thioether (sulfide) groups is 1. The number of rotatable bonds is 9. The van der Waals surface area contributed by atoms with E-state index in [1.165, 1.54) is 28.6 Å². The van der Waals surface area contributed by atoms with Crippen LogP contribution in [0.5, 0.6) is 0 Å². The zero-order valence-corrected chi connectivity index (χ0v) is 20.0. The lowest BCUT2D eigenvalue weighted by molar-refractivity contribution is -0.118. The summed E-state index contributed by atoms with van der Waals surface area (Å²) in [5, 5.41) is 12.4. The van der Waals surface area contributed by atoms with Crippen molar-refractivity contribution in [2.75, 3.05) is 26.0 Å². The molecule has 2 aromatic heterocycles. The van der Waals surface area contributed by atoms with Gasteiger partial charge >= 0.3 is 0 Å². The third-order valence-corrected chi connectivity index (χ3v) is 7.72. The molecule has 8 heteroatoms. The van der Waals surface area contributed by atoms with Gasteiger partial charge in [-0.3, -0.25) is 9.36 Å². The summed E-state index contributed by atoms with van der Waals surface area (Å²) in [4.78, 5) is 14.6. The minimum atomic E-state index is -0.0356. The Bertz CT molecular complexity index is 882. The van der Waals surface area contributed by atoms with Crippen molar-refractivity contribution in [2.24, 2.45) is 11.3 Å². The molecule has 1 aliphatic rings. The van der Waals surface area contributed by atoms with Crippen molar-refractivity contribution in [1.29, 1.82) is 0 Å². The molecule has 3 rings (SSSR count). The summed E-state index contributed by atoms with van der Waals surface area (Å²) in [6.07, 6.45) is 5.36. The van der Waals surface area contributed by atoms with Gasteiger partial charge in [0.15, 0.2) is 11.0 Å². The van der Waals surface area contributed by atoms with Crippen molar-refractivity contribution in [3.8, 4) is 10.7 Å². The van der Waals surface area contributed by atoms with Gasteiger partial charge in [0.25, 0.3) is 0 Å². The number of amides is 1. The molecular formula is C22H32N4O2S2. The van der Waals surface area contributed by atoms with Crippen LogP contribution in [0.2, 0.25) is 0 Å². The van der Waals surface area contributed by atoms with E-state index in [0.717, 1.165) is 28.7 Å². The molecule has 30 heavy (non-hydrogen) atoms. The molecule has 0 saturated carbocycles. The normalized spacial score (nSPS) is 16.3. The molecule has 2 heterocycles. The summed E-state index contributed by atoms with van der Waals surface area (Å²) < 4.78 is 7.01. The monoisotopic (exact) mass is 448 g/mol. The Morgan fingerprint density at radius 2 is 2.27 bits per heavy atom. The van der Waals surface area contributed by atoms with E-state index < -0.39 is 0 Å². The standard InChI is InChI=1S/C22H32N4O2S2/c1-6-10-26-20(24-25-21(26)29-14-19(27)23-9-11-28-5)18-13-15-12-16(22(2,3)4)7-8-17(15)30-18/h6,13,16H,1,7-12,14H2,2-5H3,(H,23,27). The Balaban J connectivity index is 1.75. The van der Waals surface area contributed by atoms with Crippen LogP contribution in [0.15, 0.2) is 23.9 Å². The lowest BCUT2D eigenvalue weighted by Crippen LogP contribution is -2.28. The highest BCUT2D eigenvalue weighted by atomic mass is 32.2. The van der Waals surface area contributed by atoms with E-state index in [-0.39, 0.29) is 5.91 Å². The Morgan fingerprint density at radius 1 is 1.47 bits per heavy atom. The number of aromatic nitrogens is 3. The van der Waals surface area contributed by atoms with Crippen molar-refractivity contribution in [2.45, 2.75) is 51.7 Å². The number of thiophene rings is 1. The summed E-state index contributed by atoms with van der Waals surface area (Å²) in [7, 11) is 1.62. The van der Waals surface area contributed by atoms with Crippen LogP contribution < -0.4 is 5.32 Å². The van der Waals surface area contributed by atoms with Crippen molar-refractivity contribution in [3.63, 3.8) is 0 Å². The first-order valence-electron chi connectivity index (χ1n) is 10.4. The van der Waals surface area contributed by atoms with Gasteiger partial charge in [-0.15, -0.1) is 28.1 Å². The Hall–Kier alpha value is -1.64. The molecule has 1 unspecified atom stereocenters. The molecule has 2 aromatic rings. The van der Waals surface area contributed by atoms with Crippen molar-refractivity contribution < 1.29 is 9.53 Å². The number of aryl methyl sites for hydroxylation is 1. The van der Waals surface area contributed by atoms with Crippen LogP contribution in [0.1, 0.15) is 37.6 Å². The fraction of sp³-hybridized carbons (Fsp3) is 0.591.